The fraction of sp³-hybridized carbons (Fsp3) is 0.278. The molecule has 0 aromatic heterocycles. The molecule has 2 aromatic rings. The Hall–Kier alpha value is -2.69. The smallest absolute Gasteiger partial charge is 0.404 e. The van der Waals surface area contributed by atoms with E-state index in [1.54, 1.807) is 0 Å². The molecule has 2 aromatic carbocycles. The average Bonchev–Trinajstić information content (AvgIpc) is 2.58. The van der Waals surface area contributed by atoms with Gasteiger partial charge in [-0.2, -0.15) is 0 Å². The van der Waals surface area contributed by atoms with Crippen molar-refractivity contribution in [3.63, 3.8) is 0 Å². The van der Waals surface area contributed by atoms with Crippen LogP contribution in [-0.2, 0) is 6.61 Å². The van der Waals surface area contributed by atoms with Crippen LogP contribution in [0.15, 0.2) is 54.6 Å². The number of carboxylic acid groups (broad SMARTS) is 1. The Bertz CT molecular complexity index is 584. The summed E-state index contributed by atoms with van der Waals surface area (Å²) in [5, 5.41) is 10.8. The van der Waals surface area contributed by atoms with Gasteiger partial charge in [0.05, 0.1) is 6.61 Å². The molecule has 0 aliphatic carbocycles. The molecule has 0 aliphatic heterocycles. The molecule has 0 spiro atoms. The first kappa shape index (κ1) is 16.7. The zero-order valence-corrected chi connectivity index (χ0v) is 12.9. The third kappa shape index (κ3) is 6.74. The van der Waals surface area contributed by atoms with Gasteiger partial charge in [0.25, 0.3) is 0 Å². The topological polar surface area (TPSA) is 67.8 Å². The predicted octanol–water partition coefficient (Wildman–Crippen LogP) is 3.69. The molecule has 0 heterocycles. The van der Waals surface area contributed by atoms with Gasteiger partial charge in [-0.05, 0) is 42.7 Å². The second-order valence-electron chi connectivity index (χ2n) is 5.03. The number of hydrogen-bond donors (Lipinski definition) is 2. The highest BCUT2D eigenvalue weighted by molar-refractivity contribution is 5.64. The molecule has 2 rings (SSSR count). The maximum absolute atomic E-state index is 10.3. The van der Waals surface area contributed by atoms with Crippen molar-refractivity contribution < 1.29 is 19.4 Å². The third-order valence-electron chi connectivity index (χ3n) is 3.19. The lowest BCUT2D eigenvalue weighted by Crippen LogP contribution is -2.22. The minimum Gasteiger partial charge on any atom is -0.494 e. The summed E-state index contributed by atoms with van der Waals surface area (Å²) in [5.41, 5.74) is 1.13. The molecule has 0 atom stereocenters. The third-order valence-corrected chi connectivity index (χ3v) is 3.19. The number of nitrogens with one attached hydrogen (secondary N) is 1. The van der Waals surface area contributed by atoms with Crippen LogP contribution in [0, 0.1) is 0 Å². The van der Waals surface area contributed by atoms with Crippen LogP contribution in [0.25, 0.3) is 0 Å². The number of ether oxygens (including phenoxy) is 2. The van der Waals surface area contributed by atoms with Crippen molar-refractivity contribution in [3.05, 3.63) is 60.2 Å². The molecule has 122 valence electrons. The summed E-state index contributed by atoms with van der Waals surface area (Å²) in [7, 11) is 0. The predicted molar refractivity (Wildman–Crippen MR) is 88.0 cm³/mol. The Labute approximate surface area is 135 Å². The fourth-order valence-corrected chi connectivity index (χ4v) is 1.99. The van der Waals surface area contributed by atoms with Crippen molar-refractivity contribution in [2.45, 2.75) is 19.4 Å². The molecule has 0 bridgehead atoms. The molecule has 0 saturated carbocycles. The lowest BCUT2D eigenvalue weighted by Gasteiger charge is -2.09. The molecule has 2 N–H and O–H groups in total. The summed E-state index contributed by atoms with van der Waals surface area (Å²) < 4.78 is 11.3. The SMILES string of the molecule is O=C(O)NCCCCOc1ccc(OCc2ccccc2)cc1. The lowest BCUT2D eigenvalue weighted by molar-refractivity contribution is 0.194. The van der Waals surface area contributed by atoms with E-state index in [1.807, 2.05) is 54.6 Å². The zero-order valence-electron chi connectivity index (χ0n) is 12.9. The highest BCUT2D eigenvalue weighted by Gasteiger charge is 1.98. The molecule has 0 fully saturated rings. The fourth-order valence-electron chi connectivity index (χ4n) is 1.99. The number of rotatable bonds is 9. The van der Waals surface area contributed by atoms with Crippen LogP contribution in [0.4, 0.5) is 4.79 Å². The maximum Gasteiger partial charge on any atom is 0.404 e. The summed E-state index contributed by atoms with van der Waals surface area (Å²) in [5.74, 6) is 1.58. The number of carbonyl (C=O) groups is 1. The van der Waals surface area contributed by atoms with Crippen LogP contribution in [0.1, 0.15) is 18.4 Å². The van der Waals surface area contributed by atoms with E-state index in [2.05, 4.69) is 5.32 Å². The first-order chi connectivity index (χ1) is 11.2. The first-order valence-electron chi connectivity index (χ1n) is 7.60. The summed E-state index contributed by atoms with van der Waals surface area (Å²) in [6.45, 7) is 1.55. The molecule has 1 amide bonds. The van der Waals surface area contributed by atoms with E-state index in [9.17, 15) is 4.79 Å². The van der Waals surface area contributed by atoms with Crippen LogP contribution < -0.4 is 14.8 Å². The normalized spacial score (nSPS) is 10.1. The first-order valence-corrected chi connectivity index (χ1v) is 7.60. The van der Waals surface area contributed by atoms with Gasteiger partial charge in [-0.15, -0.1) is 0 Å². The molecule has 5 nitrogen and oxygen atoms in total. The Balaban J connectivity index is 1.65. The molecule has 5 heteroatoms. The standard InChI is InChI=1S/C18H21NO4/c20-18(21)19-12-4-5-13-22-16-8-10-17(11-9-16)23-14-15-6-2-1-3-7-15/h1-3,6-11,19H,4-5,12-14H2,(H,20,21). The lowest BCUT2D eigenvalue weighted by atomic mass is 10.2. The maximum atomic E-state index is 10.3. The monoisotopic (exact) mass is 315 g/mol. The quantitative estimate of drug-likeness (QED) is 0.693. The van der Waals surface area contributed by atoms with Crippen molar-refractivity contribution >= 4 is 6.09 Å². The zero-order chi connectivity index (χ0) is 16.3. The highest BCUT2D eigenvalue weighted by Crippen LogP contribution is 2.18. The Morgan fingerprint density at radius 2 is 1.57 bits per heavy atom. The molecular weight excluding hydrogens is 294 g/mol. The van der Waals surface area contributed by atoms with Crippen molar-refractivity contribution in [2.75, 3.05) is 13.2 Å². The second kappa shape index (κ2) is 9.35. The molecule has 0 unspecified atom stereocenters. The Morgan fingerprint density at radius 3 is 2.22 bits per heavy atom. The summed E-state index contributed by atoms with van der Waals surface area (Å²) in [4.78, 5) is 10.3. The van der Waals surface area contributed by atoms with Crippen LogP contribution >= 0.6 is 0 Å². The van der Waals surface area contributed by atoms with Crippen LogP contribution in [-0.4, -0.2) is 24.4 Å². The second-order valence-corrected chi connectivity index (χ2v) is 5.03. The summed E-state index contributed by atoms with van der Waals surface area (Å²) in [6.07, 6.45) is 0.564. The number of amides is 1. The average molecular weight is 315 g/mol. The van der Waals surface area contributed by atoms with E-state index in [1.165, 1.54) is 0 Å². The van der Waals surface area contributed by atoms with E-state index < -0.39 is 6.09 Å². The molecular formula is C18H21NO4. The van der Waals surface area contributed by atoms with Gasteiger partial charge >= 0.3 is 6.09 Å². The largest absolute Gasteiger partial charge is 0.494 e. The van der Waals surface area contributed by atoms with Gasteiger partial charge in [0.15, 0.2) is 0 Å². The number of unbranched alkanes of at least 4 members (excludes halogenated alkanes) is 1. The summed E-state index contributed by atoms with van der Waals surface area (Å²) in [6, 6.07) is 17.5. The van der Waals surface area contributed by atoms with Crippen LogP contribution in [0.5, 0.6) is 11.5 Å². The van der Waals surface area contributed by atoms with Gasteiger partial charge in [0.2, 0.25) is 0 Å². The number of benzene rings is 2. The molecule has 0 radical (unpaired) electrons. The summed E-state index contributed by atoms with van der Waals surface area (Å²) >= 11 is 0. The number of hydrogen-bond acceptors (Lipinski definition) is 3. The van der Waals surface area contributed by atoms with Crippen LogP contribution in [0.3, 0.4) is 0 Å². The van der Waals surface area contributed by atoms with Gasteiger partial charge in [-0.3, -0.25) is 0 Å². The van der Waals surface area contributed by atoms with Gasteiger partial charge in [0, 0.05) is 6.54 Å². The van der Waals surface area contributed by atoms with Gasteiger partial charge in [-0.25, -0.2) is 4.79 Å². The molecule has 0 aliphatic rings. The Kier molecular flexibility index (Phi) is 6.78. The molecule has 0 saturated heterocycles. The molecule has 23 heavy (non-hydrogen) atoms. The van der Waals surface area contributed by atoms with Gasteiger partial charge in [-0.1, -0.05) is 30.3 Å². The van der Waals surface area contributed by atoms with Crippen molar-refractivity contribution in [2.24, 2.45) is 0 Å². The van der Waals surface area contributed by atoms with Crippen LogP contribution in [0.2, 0.25) is 0 Å². The van der Waals surface area contributed by atoms with E-state index in [4.69, 9.17) is 14.6 Å². The van der Waals surface area contributed by atoms with Crippen molar-refractivity contribution in [3.8, 4) is 11.5 Å². The van der Waals surface area contributed by atoms with Crippen molar-refractivity contribution in [1.82, 2.24) is 5.32 Å². The minimum atomic E-state index is -0.989. The van der Waals surface area contributed by atoms with E-state index in [0.29, 0.717) is 19.8 Å². The van der Waals surface area contributed by atoms with E-state index >= 15 is 0 Å². The van der Waals surface area contributed by atoms with E-state index in [0.717, 1.165) is 29.9 Å². The van der Waals surface area contributed by atoms with Crippen molar-refractivity contribution in [1.29, 1.82) is 0 Å². The minimum absolute atomic E-state index is 0.449. The Morgan fingerprint density at radius 1 is 0.913 bits per heavy atom. The van der Waals surface area contributed by atoms with Gasteiger partial charge in [0.1, 0.15) is 18.1 Å². The van der Waals surface area contributed by atoms with Gasteiger partial charge < -0.3 is 19.9 Å². The highest BCUT2D eigenvalue weighted by atomic mass is 16.5. The van der Waals surface area contributed by atoms with E-state index in [-0.39, 0.29) is 0 Å².